The van der Waals surface area contributed by atoms with Crippen LogP contribution in [0.2, 0.25) is 0 Å². The van der Waals surface area contributed by atoms with Gasteiger partial charge in [0.25, 0.3) is 15.9 Å². The Bertz CT molecular complexity index is 1240. The molecule has 1 atom stereocenters. The number of benzene rings is 3. The van der Waals surface area contributed by atoms with Crippen molar-refractivity contribution in [1.82, 2.24) is 5.32 Å². The van der Waals surface area contributed by atoms with E-state index in [1.165, 1.54) is 11.4 Å². The summed E-state index contributed by atoms with van der Waals surface area (Å²) < 4.78 is 37.9. The van der Waals surface area contributed by atoms with Crippen LogP contribution >= 0.6 is 0 Å². The summed E-state index contributed by atoms with van der Waals surface area (Å²) in [4.78, 5) is 13.1. The molecule has 174 valence electrons. The summed E-state index contributed by atoms with van der Waals surface area (Å²) in [5.41, 5.74) is 2.46. The number of carbonyl (C=O) groups excluding carboxylic acids is 1. The lowest BCUT2D eigenvalue weighted by Crippen LogP contribution is -2.29. The highest BCUT2D eigenvalue weighted by molar-refractivity contribution is 7.92. The Hall–Kier alpha value is -3.52. The number of methoxy groups -OCH3 is 2. The number of aryl methyl sites for hydroxylation is 1. The van der Waals surface area contributed by atoms with E-state index in [-0.39, 0.29) is 16.8 Å². The molecule has 3 aromatic carbocycles. The number of hydrogen-bond donors (Lipinski definition) is 1. The van der Waals surface area contributed by atoms with Crippen molar-refractivity contribution in [1.29, 1.82) is 0 Å². The minimum Gasteiger partial charge on any atom is -0.497 e. The Balaban J connectivity index is 1.83. The monoisotopic (exact) mass is 468 g/mol. The molecule has 3 aromatic rings. The number of nitrogens with zero attached hydrogens (tertiary/aromatic N) is 1. The van der Waals surface area contributed by atoms with Gasteiger partial charge in [-0.25, -0.2) is 8.42 Å². The van der Waals surface area contributed by atoms with Gasteiger partial charge in [-0.15, -0.1) is 0 Å². The van der Waals surface area contributed by atoms with Crippen LogP contribution in [0, 0.1) is 6.92 Å². The summed E-state index contributed by atoms with van der Waals surface area (Å²) in [6.07, 6.45) is 0. The van der Waals surface area contributed by atoms with Gasteiger partial charge in [-0.1, -0.05) is 23.8 Å². The largest absolute Gasteiger partial charge is 0.497 e. The lowest BCUT2D eigenvalue weighted by molar-refractivity contribution is 0.0939. The molecule has 0 radical (unpaired) electrons. The van der Waals surface area contributed by atoms with Crippen molar-refractivity contribution in [2.45, 2.75) is 24.8 Å². The standard InChI is InChI=1S/C25H28N2O5S/c1-17-9-12-22(13-10-17)33(29,30)27(3)20-8-6-7-19(15-20)25(28)26-18(2)23-16-21(31-4)11-14-24(23)32-5/h6-16,18H,1-5H3,(H,26,28)/t18-/m0/s1. The van der Waals surface area contributed by atoms with Crippen molar-refractivity contribution in [2.75, 3.05) is 25.6 Å². The van der Waals surface area contributed by atoms with Crippen LogP contribution in [0.5, 0.6) is 11.5 Å². The number of anilines is 1. The predicted molar refractivity (Wildman–Crippen MR) is 129 cm³/mol. The minimum absolute atomic E-state index is 0.184. The van der Waals surface area contributed by atoms with Gasteiger partial charge in [0.05, 0.1) is 30.8 Å². The number of ether oxygens (including phenoxy) is 2. The lowest BCUT2D eigenvalue weighted by Gasteiger charge is -2.21. The second-order valence-corrected chi connectivity index (χ2v) is 9.61. The third-order valence-corrected chi connectivity index (χ3v) is 7.20. The first-order valence-electron chi connectivity index (χ1n) is 10.4. The van der Waals surface area contributed by atoms with Gasteiger partial charge in [-0.05, 0) is 62.4 Å². The summed E-state index contributed by atoms with van der Waals surface area (Å²) in [7, 11) is 0.839. The Morgan fingerprint density at radius 1 is 0.970 bits per heavy atom. The molecule has 1 N–H and O–H groups in total. The molecule has 0 spiro atoms. The second-order valence-electron chi connectivity index (χ2n) is 7.64. The Morgan fingerprint density at radius 2 is 1.67 bits per heavy atom. The van der Waals surface area contributed by atoms with Gasteiger partial charge in [-0.2, -0.15) is 0 Å². The van der Waals surface area contributed by atoms with E-state index >= 15 is 0 Å². The van der Waals surface area contributed by atoms with Crippen molar-refractivity contribution in [2.24, 2.45) is 0 Å². The summed E-state index contributed by atoms with van der Waals surface area (Å²) in [6.45, 7) is 3.73. The topological polar surface area (TPSA) is 84.9 Å². The molecule has 7 nitrogen and oxygen atoms in total. The highest BCUT2D eigenvalue weighted by Gasteiger charge is 2.22. The predicted octanol–water partition coefficient (Wildman–Crippen LogP) is 4.33. The molecule has 0 aromatic heterocycles. The molecule has 0 unspecified atom stereocenters. The van der Waals surface area contributed by atoms with Crippen molar-refractivity contribution in [3.63, 3.8) is 0 Å². The van der Waals surface area contributed by atoms with E-state index in [0.29, 0.717) is 22.7 Å². The van der Waals surface area contributed by atoms with Gasteiger partial charge in [0.1, 0.15) is 11.5 Å². The van der Waals surface area contributed by atoms with E-state index in [1.54, 1.807) is 74.9 Å². The van der Waals surface area contributed by atoms with Crippen LogP contribution in [0.4, 0.5) is 5.69 Å². The van der Waals surface area contributed by atoms with Gasteiger partial charge in [0, 0.05) is 18.2 Å². The van der Waals surface area contributed by atoms with Gasteiger partial charge >= 0.3 is 0 Å². The minimum atomic E-state index is -3.76. The second kappa shape index (κ2) is 9.95. The first-order valence-corrected chi connectivity index (χ1v) is 11.8. The molecule has 0 saturated heterocycles. The lowest BCUT2D eigenvalue weighted by atomic mass is 10.1. The van der Waals surface area contributed by atoms with E-state index < -0.39 is 10.0 Å². The van der Waals surface area contributed by atoms with Crippen LogP contribution in [0.25, 0.3) is 0 Å². The SMILES string of the molecule is COc1ccc(OC)c([C@H](C)NC(=O)c2cccc(N(C)S(=O)(=O)c3ccc(C)cc3)c2)c1. The molecule has 0 aliphatic carbocycles. The Morgan fingerprint density at radius 3 is 2.30 bits per heavy atom. The summed E-state index contributed by atoms with van der Waals surface area (Å²) in [5, 5.41) is 2.94. The number of amides is 1. The number of carbonyl (C=O) groups is 1. The van der Waals surface area contributed by atoms with Crippen molar-refractivity contribution >= 4 is 21.6 Å². The average Bonchev–Trinajstić information content (AvgIpc) is 2.83. The van der Waals surface area contributed by atoms with E-state index in [4.69, 9.17) is 9.47 Å². The smallest absolute Gasteiger partial charge is 0.264 e. The maximum Gasteiger partial charge on any atom is 0.264 e. The number of rotatable bonds is 8. The van der Waals surface area contributed by atoms with Crippen molar-refractivity contribution < 1.29 is 22.7 Å². The van der Waals surface area contributed by atoms with Crippen LogP contribution < -0.4 is 19.1 Å². The molecule has 0 bridgehead atoms. The third-order valence-electron chi connectivity index (χ3n) is 5.40. The average molecular weight is 469 g/mol. The van der Waals surface area contributed by atoms with Gasteiger partial charge < -0.3 is 14.8 Å². The van der Waals surface area contributed by atoms with Gasteiger partial charge in [0.2, 0.25) is 0 Å². The molecule has 0 aliphatic rings. The Labute approximate surface area is 195 Å². The van der Waals surface area contributed by atoms with Crippen LogP contribution in [-0.2, 0) is 10.0 Å². The van der Waals surface area contributed by atoms with Gasteiger partial charge in [0.15, 0.2) is 0 Å². The molecule has 1 amide bonds. The van der Waals surface area contributed by atoms with E-state index in [1.807, 2.05) is 19.9 Å². The zero-order valence-corrected chi connectivity index (χ0v) is 20.1. The van der Waals surface area contributed by atoms with Crippen molar-refractivity contribution in [3.8, 4) is 11.5 Å². The highest BCUT2D eigenvalue weighted by atomic mass is 32.2. The maximum atomic E-state index is 13.0. The molecule has 0 heterocycles. The third kappa shape index (κ3) is 5.28. The molecule has 33 heavy (non-hydrogen) atoms. The normalized spacial score (nSPS) is 12.0. The molecule has 0 aliphatic heterocycles. The maximum absolute atomic E-state index is 13.0. The molecule has 3 rings (SSSR count). The number of nitrogens with one attached hydrogen (secondary N) is 1. The summed E-state index contributed by atoms with van der Waals surface area (Å²) >= 11 is 0. The number of hydrogen-bond acceptors (Lipinski definition) is 5. The fourth-order valence-electron chi connectivity index (χ4n) is 3.39. The zero-order chi connectivity index (χ0) is 24.2. The fourth-order valence-corrected chi connectivity index (χ4v) is 4.57. The number of sulfonamides is 1. The van der Waals surface area contributed by atoms with E-state index in [9.17, 15) is 13.2 Å². The van der Waals surface area contributed by atoms with Gasteiger partial charge in [-0.3, -0.25) is 9.10 Å². The Kier molecular flexibility index (Phi) is 7.28. The fraction of sp³-hybridized carbons (Fsp3) is 0.240. The van der Waals surface area contributed by atoms with E-state index in [0.717, 1.165) is 11.1 Å². The summed E-state index contributed by atoms with van der Waals surface area (Å²) in [6, 6.07) is 18.1. The quantitative estimate of drug-likeness (QED) is 0.532. The first-order chi connectivity index (χ1) is 15.7. The molecular weight excluding hydrogens is 440 g/mol. The zero-order valence-electron chi connectivity index (χ0n) is 19.3. The molecule has 0 fully saturated rings. The summed E-state index contributed by atoms with van der Waals surface area (Å²) in [5.74, 6) is 0.938. The van der Waals surface area contributed by atoms with Crippen LogP contribution in [-0.4, -0.2) is 35.6 Å². The van der Waals surface area contributed by atoms with Crippen molar-refractivity contribution in [3.05, 3.63) is 83.4 Å². The van der Waals surface area contributed by atoms with Crippen LogP contribution in [0.3, 0.4) is 0 Å². The van der Waals surface area contributed by atoms with E-state index in [2.05, 4.69) is 5.32 Å². The van der Waals surface area contributed by atoms with Crippen LogP contribution in [0.1, 0.15) is 34.5 Å². The molecule has 8 heteroatoms. The highest BCUT2D eigenvalue weighted by Crippen LogP contribution is 2.30. The van der Waals surface area contributed by atoms with Crippen LogP contribution in [0.15, 0.2) is 71.6 Å². The first kappa shape index (κ1) is 24.1. The molecular formula is C25H28N2O5S. The molecule has 0 saturated carbocycles.